The third-order valence-corrected chi connectivity index (χ3v) is 5.53. The molecular weight excluding hydrogens is 430 g/mol. The summed E-state index contributed by atoms with van der Waals surface area (Å²) in [6.07, 6.45) is 1.61. The lowest BCUT2D eigenvalue weighted by Crippen LogP contribution is -2.30. The van der Waals surface area contributed by atoms with Crippen LogP contribution in [0.25, 0.3) is 5.76 Å². The highest BCUT2D eigenvalue weighted by Gasteiger charge is 2.45. The average Bonchev–Trinajstić information content (AvgIpc) is 3.05. The van der Waals surface area contributed by atoms with Crippen LogP contribution in [0, 0.1) is 5.92 Å². The number of Topliss-reactive ketones (excluding diaryl/α,β-unsaturated/α-hetero) is 1. The van der Waals surface area contributed by atoms with Crippen molar-refractivity contribution in [3.8, 4) is 11.5 Å². The molecule has 1 aliphatic heterocycles. The number of unbranched alkanes of at least 4 members (excludes halogenated alkanes) is 1. The molecule has 6 nitrogen and oxygen atoms in total. The minimum atomic E-state index is -0.692. The van der Waals surface area contributed by atoms with Crippen molar-refractivity contribution in [2.75, 3.05) is 13.2 Å². The maximum atomic E-state index is 13.2. The molecule has 0 spiro atoms. The SMILES string of the molecule is CCCCN1C(=O)C(=O)/C(=C(\O)c2cccc(OCC(C)C)c2)C1c1cccc(OC(C)C)c1. The van der Waals surface area contributed by atoms with E-state index in [4.69, 9.17) is 9.47 Å². The van der Waals surface area contributed by atoms with Gasteiger partial charge in [-0.1, -0.05) is 51.5 Å². The molecule has 1 N–H and O–H groups in total. The Balaban J connectivity index is 2.09. The molecule has 1 aliphatic rings. The van der Waals surface area contributed by atoms with Crippen molar-refractivity contribution in [2.24, 2.45) is 5.92 Å². The molecule has 1 amide bonds. The fourth-order valence-corrected chi connectivity index (χ4v) is 3.97. The van der Waals surface area contributed by atoms with Gasteiger partial charge in [-0.3, -0.25) is 9.59 Å². The summed E-state index contributed by atoms with van der Waals surface area (Å²) in [5, 5.41) is 11.3. The Bertz CT molecular complexity index is 1060. The van der Waals surface area contributed by atoms with Crippen molar-refractivity contribution in [3.63, 3.8) is 0 Å². The van der Waals surface area contributed by atoms with Crippen LogP contribution in [0.2, 0.25) is 0 Å². The molecule has 1 atom stereocenters. The van der Waals surface area contributed by atoms with Crippen LogP contribution < -0.4 is 9.47 Å². The zero-order chi connectivity index (χ0) is 24.8. The van der Waals surface area contributed by atoms with Crippen molar-refractivity contribution in [1.82, 2.24) is 4.90 Å². The molecule has 0 radical (unpaired) electrons. The summed E-state index contributed by atoms with van der Waals surface area (Å²) in [6.45, 7) is 11.0. The van der Waals surface area contributed by atoms with Gasteiger partial charge in [0.25, 0.3) is 11.7 Å². The third kappa shape index (κ3) is 5.79. The molecule has 1 heterocycles. The predicted octanol–water partition coefficient (Wildman–Crippen LogP) is 5.73. The second kappa shape index (κ2) is 11.2. The molecule has 2 aromatic rings. The lowest BCUT2D eigenvalue weighted by Gasteiger charge is -2.25. The second-order valence-electron chi connectivity index (χ2n) is 9.32. The highest BCUT2D eigenvalue weighted by Crippen LogP contribution is 2.40. The van der Waals surface area contributed by atoms with Crippen molar-refractivity contribution in [3.05, 3.63) is 65.2 Å². The zero-order valence-corrected chi connectivity index (χ0v) is 20.7. The van der Waals surface area contributed by atoms with Crippen molar-refractivity contribution >= 4 is 17.4 Å². The van der Waals surface area contributed by atoms with E-state index in [0.29, 0.717) is 36.1 Å². The number of nitrogens with zero attached hydrogens (tertiary/aromatic N) is 1. The molecule has 0 aromatic heterocycles. The number of rotatable bonds is 10. The van der Waals surface area contributed by atoms with Gasteiger partial charge in [0.2, 0.25) is 0 Å². The summed E-state index contributed by atoms with van der Waals surface area (Å²) >= 11 is 0. The van der Waals surface area contributed by atoms with Crippen molar-refractivity contribution in [2.45, 2.75) is 59.6 Å². The highest BCUT2D eigenvalue weighted by molar-refractivity contribution is 6.46. The van der Waals surface area contributed by atoms with Crippen molar-refractivity contribution < 1.29 is 24.2 Å². The van der Waals surface area contributed by atoms with Crippen LogP contribution in [-0.4, -0.2) is 41.0 Å². The topological polar surface area (TPSA) is 76.1 Å². The number of hydrogen-bond donors (Lipinski definition) is 1. The number of amides is 1. The molecular formula is C28H35NO5. The molecule has 0 saturated carbocycles. The summed E-state index contributed by atoms with van der Waals surface area (Å²) in [5.41, 5.74) is 1.25. The Kier molecular flexibility index (Phi) is 8.37. The number of likely N-dealkylation sites (tertiary alicyclic amines) is 1. The Morgan fingerprint density at radius 3 is 2.41 bits per heavy atom. The number of aliphatic hydroxyl groups is 1. The second-order valence-corrected chi connectivity index (χ2v) is 9.32. The van der Waals surface area contributed by atoms with Crippen LogP contribution >= 0.6 is 0 Å². The van der Waals surface area contributed by atoms with Gasteiger partial charge in [-0.15, -0.1) is 0 Å². The first kappa shape index (κ1) is 25.3. The first-order valence-corrected chi connectivity index (χ1v) is 12.0. The van der Waals surface area contributed by atoms with Gasteiger partial charge in [0.1, 0.15) is 17.3 Å². The van der Waals surface area contributed by atoms with Gasteiger partial charge in [-0.2, -0.15) is 0 Å². The number of carbonyl (C=O) groups is 2. The fraction of sp³-hybridized carbons (Fsp3) is 0.429. The number of carbonyl (C=O) groups excluding carboxylic acids is 2. The summed E-state index contributed by atoms with van der Waals surface area (Å²) in [4.78, 5) is 27.8. The van der Waals surface area contributed by atoms with Gasteiger partial charge < -0.3 is 19.5 Å². The smallest absolute Gasteiger partial charge is 0.295 e. The van der Waals surface area contributed by atoms with Crippen LogP contribution in [0.5, 0.6) is 11.5 Å². The van der Waals surface area contributed by atoms with Crippen LogP contribution in [-0.2, 0) is 9.59 Å². The predicted molar refractivity (Wildman–Crippen MR) is 133 cm³/mol. The summed E-state index contributed by atoms with van der Waals surface area (Å²) in [6, 6.07) is 13.7. The maximum Gasteiger partial charge on any atom is 0.295 e. The molecule has 182 valence electrons. The summed E-state index contributed by atoms with van der Waals surface area (Å²) in [7, 11) is 0. The van der Waals surface area contributed by atoms with E-state index < -0.39 is 17.7 Å². The lowest BCUT2D eigenvalue weighted by atomic mass is 9.95. The number of hydrogen-bond acceptors (Lipinski definition) is 5. The van der Waals surface area contributed by atoms with Gasteiger partial charge >= 0.3 is 0 Å². The van der Waals surface area contributed by atoms with E-state index in [1.807, 2.05) is 51.1 Å². The quantitative estimate of drug-likeness (QED) is 0.275. The maximum absolute atomic E-state index is 13.2. The Morgan fingerprint density at radius 1 is 1.03 bits per heavy atom. The normalized spacial score (nSPS) is 17.6. The van der Waals surface area contributed by atoms with E-state index >= 15 is 0 Å². The molecule has 1 saturated heterocycles. The van der Waals surface area contributed by atoms with E-state index in [1.165, 1.54) is 0 Å². The van der Waals surface area contributed by atoms with Gasteiger partial charge in [-0.25, -0.2) is 0 Å². The van der Waals surface area contributed by atoms with E-state index in [-0.39, 0.29) is 17.4 Å². The number of benzene rings is 2. The summed E-state index contributed by atoms with van der Waals surface area (Å²) in [5.74, 6) is 0.123. The minimum absolute atomic E-state index is 0.0183. The minimum Gasteiger partial charge on any atom is -0.507 e. The fourth-order valence-electron chi connectivity index (χ4n) is 3.97. The molecule has 2 aromatic carbocycles. The van der Waals surface area contributed by atoms with E-state index in [9.17, 15) is 14.7 Å². The molecule has 34 heavy (non-hydrogen) atoms. The molecule has 1 unspecified atom stereocenters. The molecule has 1 fully saturated rings. The number of aliphatic hydroxyl groups excluding tert-OH is 1. The monoisotopic (exact) mass is 465 g/mol. The zero-order valence-electron chi connectivity index (χ0n) is 20.7. The van der Waals surface area contributed by atoms with E-state index in [0.717, 1.165) is 18.4 Å². The number of ketones is 1. The Labute approximate surface area is 202 Å². The van der Waals surface area contributed by atoms with Crippen LogP contribution in [0.15, 0.2) is 54.1 Å². The Morgan fingerprint density at radius 2 is 1.74 bits per heavy atom. The Hall–Kier alpha value is -3.28. The largest absolute Gasteiger partial charge is 0.507 e. The van der Waals surface area contributed by atoms with Gasteiger partial charge in [-0.05, 0) is 56.0 Å². The lowest BCUT2D eigenvalue weighted by molar-refractivity contribution is -0.139. The standard InChI is InChI=1S/C28H35NO5/c1-6-7-14-29-25(20-10-8-13-23(15-20)34-19(4)5)24(27(31)28(29)32)26(30)21-11-9-12-22(16-21)33-17-18(2)3/h8-13,15-16,18-19,25,30H,6-7,14,17H2,1-5H3/b26-24-. The van der Waals surface area contributed by atoms with Crippen LogP contribution in [0.3, 0.4) is 0 Å². The highest BCUT2D eigenvalue weighted by atomic mass is 16.5. The molecule has 0 bridgehead atoms. The third-order valence-electron chi connectivity index (χ3n) is 5.53. The number of ether oxygens (including phenoxy) is 2. The van der Waals surface area contributed by atoms with Gasteiger partial charge in [0, 0.05) is 12.1 Å². The molecule has 3 rings (SSSR count). The van der Waals surface area contributed by atoms with Gasteiger partial charge in [0.05, 0.1) is 24.3 Å². The first-order valence-electron chi connectivity index (χ1n) is 12.0. The first-order chi connectivity index (χ1) is 16.2. The molecule has 0 aliphatic carbocycles. The average molecular weight is 466 g/mol. The van der Waals surface area contributed by atoms with E-state index in [1.54, 1.807) is 23.1 Å². The van der Waals surface area contributed by atoms with Gasteiger partial charge in [0.15, 0.2) is 0 Å². The van der Waals surface area contributed by atoms with E-state index in [2.05, 4.69) is 13.8 Å². The van der Waals surface area contributed by atoms with Crippen LogP contribution in [0.4, 0.5) is 0 Å². The van der Waals surface area contributed by atoms with Crippen LogP contribution in [0.1, 0.15) is 64.6 Å². The summed E-state index contributed by atoms with van der Waals surface area (Å²) < 4.78 is 11.6. The van der Waals surface area contributed by atoms with Crippen molar-refractivity contribution in [1.29, 1.82) is 0 Å². The molecule has 6 heteroatoms.